The van der Waals surface area contributed by atoms with E-state index in [4.69, 9.17) is 19.7 Å². The van der Waals surface area contributed by atoms with Gasteiger partial charge >= 0.3 is 0 Å². The molecule has 0 radical (unpaired) electrons. The van der Waals surface area contributed by atoms with Crippen LogP contribution in [0.15, 0.2) is 114 Å². The Morgan fingerprint density at radius 2 is 0.805 bits per heavy atom. The number of allylic oxidation sites excluding steroid dienone is 6. The van der Waals surface area contributed by atoms with E-state index in [0.717, 1.165) is 16.7 Å². The normalized spacial score (nSPS) is 29.3. The third kappa shape index (κ3) is 13.7. The Bertz CT molecular complexity index is 1010. The van der Waals surface area contributed by atoms with Crippen LogP contribution < -0.4 is 0 Å². The molecule has 0 aliphatic heterocycles. The molecular weight excluding hydrogens is 1190 g/mol. The number of aliphatic hydroxyl groups is 6. The summed E-state index contributed by atoms with van der Waals surface area (Å²) in [4.78, 5) is 0. The van der Waals surface area contributed by atoms with Crippen LogP contribution in [0.1, 0.15) is 25.7 Å². The summed E-state index contributed by atoms with van der Waals surface area (Å²) in [5.74, 6) is 0. The molecule has 0 aromatic rings. The van der Waals surface area contributed by atoms with Crippen molar-refractivity contribution in [2.24, 2.45) is 0 Å². The van der Waals surface area contributed by atoms with E-state index in [2.05, 4.69) is 32.9 Å². The van der Waals surface area contributed by atoms with E-state index in [0.29, 0.717) is 36.8 Å². The topological polar surface area (TPSA) is 121 Å². The van der Waals surface area contributed by atoms with Crippen LogP contribution in [0.2, 0.25) is 0 Å². The van der Waals surface area contributed by atoms with Crippen LogP contribution in [0, 0.1) is 113 Å². The smallest absolute Gasteiger partial charge is 0.0703 e. The molecule has 0 unspecified atom stereocenters. The second kappa shape index (κ2) is 22.5. The Labute approximate surface area is 316 Å². The Morgan fingerprint density at radius 3 is 1.10 bits per heavy atom. The van der Waals surface area contributed by atoms with Crippen molar-refractivity contribution in [3.8, 4) is 0 Å². The van der Waals surface area contributed by atoms with Gasteiger partial charge in [-0.25, -0.2) is 5.57 Å². The van der Waals surface area contributed by atoms with E-state index in [-0.39, 0.29) is 110 Å². The van der Waals surface area contributed by atoms with Gasteiger partial charge in [0.25, 0.3) is 0 Å². The molecule has 3 fully saturated rings. The summed E-state index contributed by atoms with van der Waals surface area (Å²) in [5, 5.41) is 56.6. The predicted molar refractivity (Wildman–Crippen MR) is 151 cm³/mol. The van der Waals surface area contributed by atoms with Crippen LogP contribution in [-0.2, 0) is 0 Å². The van der Waals surface area contributed by atoms with Gasteiger partial charge in [0.15, 0.2) is 0 Å². The molecule has 0 heterocycles. The van der Waals surface area contributed by atoms with Crippen molar-refractivity contribution in [1.29, 1.82) is 0 Å². The standard InChI is InChI=1S/2C11H13O2.C10H13O2.3U/c2*1-4-5-9-6-10(12)8(3)11(13)7(9)2;1-3-4-8-5-9(11)7(2)10(12)6-8;;;/h2*3-5,10-13H,1-2,6H2;2-4,9-12H,1,5-6H2;;;/q3*-1;;;/b9-5+;9-5-;;;;/t2*10-,11-;9-,10-;;;/m111.../s1. The van der Waals surface area contributed by atoms with Crippen LogP contribution in [-0.4, -0.2) is 67.3 Å². The number of aliphatic hydroxyl groups excluding tert-OH is 6. The first-order valence-corrected chi connectivity index (χ1v) is 12.1. The molecule has 0 aromatic heterocycles. The first-order valence-electron chi connectivity index (χ1n) is 12.1. The molecule has 0 aromatic carbocycles. The third-order valence-electron chi connectivity index (χ3n) is 6.38. The first kappa shape index (κ1) is 45.5. The molecule has 0 spiro atoms. The van der Waals surface area contributed by atoms with E-state index in [1.54, 1.807) is 36.5 Å². The summed E-state index contributed by atoms with van der Waals surface area (Å²) in [6.45, 7) is 34.4. The molecule has 3 rings (SSSR count). The average Bonchev–Trinajstić information content (AvgIpc) is 2.87. The average molecular weight is 1230 g/mol. The second-order valence-corrected chi connectivity index (χ2v) is 9.15. The van der Waals surface area contributed by atoms with Gasteiger partial charge in [0.1, 0.15) is 0 Å². The van der Waals surface area contributed by atoms with Crippen LogP contribution in [0.3, 0.4) is 0 Å². The van der Waals surface area contributed by atoms with Crippen molar-refractivity contribution >= 4 is 0 Å². The quantitative estimate of drug-likeness (QED) is 0.242. The Balaban J connectivity index is -0.000000510. The minimum Gasteiger partial charge on any atom is -0.509 e. The molecule has 6 nitrogen and oxygen atoms in total. The van der Waals surface area contributed by atoms with Crippen LogP contribution in [0.5, 0.6) is 0 Å². The molecule has 218 valence electrons. The number of rotatable bonds is 3. The van der Waals surface area contributed by atoms with Gasteiger partial charge in [-0.2, -0.15) is 11.1 Å². The van der Waals surface area contributed by atoms with Gasteiger partial charge in [0.2, 0.25) is 0 Å². The molecule has 3 aliphatic rings. The van der Waals surface area contributed by atoms with E-state index < -0.39 is 36.6 Å². The molecule has 0 amide bonds. The Kier molecular flexibility index (Phi) is 25.0. The molecular formula is C32H39O6U3-3. The Morgan fingerprint density at radius 1 is 0.512 bits per heavy atom. The maximum Gasteiger partial charge on any atom is 0.0703 e. The maximum absolute atomic E-state index is 9.52. The summed E-state index contributed by atoms with van der Waals surface area (Å²) < 4.78 is 0. The van der Waals surface area contributed by atoms with Crippen LogP contribution in [0.4, 0.5) is 0 Å². The molecule has 6 atom stereocenters. The van der Waals surface area contributed by atoms with E-state index in [1.807, 2.05) is 0 Å². The fourth-order valence-corrected chi connectivity index (χ4v) is 4.01. The summed E-state index contributed by atoms with van der Waals surface area (Å²) in [5.41, 5.74) is 4.28. The number of hydrogen-bond acceptors (Lipinski definition) is 6. The first-order chi connectivity index (χ1) is 17.8. The van der Waals surface area contributed by atoms with Gasteiger partial charge in [-0.1, -0.05) is 74.9 Å². The van der Waals surface area contributed by atoms with E-state index in [9.17, 15) is 30.6 Å². The summed E-state index contributed by atoms with van der Waals surface area (Å²) in [6.07, 6.45) is 7.05. The van der Waals surface area contributed by atoms with Crippen molar-refractivity contribution in [2.75, 3.05) is 0 Å². The van der Waals surface area contributed by atoms with Crippen molar-refractivity contribution in [1.82, 2.24) is 0 Å². The SMILES string of the molecule is [CH-]=C1[C@H](O)C(=C)/C(=C/C=C)C[C@H]1O.[CH-]=C1[C@H](O)C(=C)/C(=C\C=C)C[C@H]1O.[CH-]=C1[C@H](O)CC(=CC=C)C[C@H]1O.[U].[U].[U]. The van der Waals surface area contributed by atoms with Crippen LogP contribution >= 0.6 is 0 Å². The predicted octanol–water partition coefficient (Wildman–Crippen LogP) is 3.25. The zero-order valence-electron chi connectivity index (χ0n) is 23.2. The van der Waals surface area contributed by atoms with Crippen LogP contribution in [0.25, 0.3) is 0 Å². The molecule has 3 aliphatic carbocycles. The molecule has 3 saturated carbocycles. The van der Waals surface area contributed by atoms with Crippen molar-refractivity contribution in [2.45, 2.75) is 62.3 Å². The van der Waals surface area contributed by atoms with Gasteiger partial charge in [-0.05, 0) is 48.0 Å². The summed E-state index contributed by atoms with van der Waals surface area (Å²) >= 11 is 0. The number of hydrogen-bond donors (Lipinski definition) is 6. The molecule has 0 bridgehead atoms. The molecule has 41 heavy (non-hydrogen) atoms. The zero-order valence-corrected chi connectivity index (χ0v) is 35.7. The van der Waals surface area contributed by atoms with Crippen molar-refractivity contribution in [3.63, 3.8) is 0 Å². The second-order valence-electron chi connectivity index (χ2n) is 9.15. The largest absolute Gasteiger partial charge is 0.509 e. The Hall–Kier alpha value is 0.0558. The summed E-state index contributed by atoms with van der Waals surface area (Å²) in [7, 11) is 0. The monoisotopic (exact) mass is 1230 g/mol. The van der Waals surface area contributed by atoms with Gasteiger partial charge in [0, 0.05) is 118 Å². The van der Waals surface area contributed by atoms with Gasteiger partial charge in [-0.3, -0.25) is 0 Å². The maximum atomic E-state index is 9.52. The third-order valence-corrected chi connectivity index (χ3v) is 6.38. The van der Waals surface area contributed by atoms with Gasteiger partial charge in [0.05, 0.1) is 12.2 Å². The minimum absolute atomic E-state index is 0. The molecule has 6 N–H and O–H groups in total. The van der Waals surface area contributed by atoms with Gasteiger partial charge < -0.3 is 50.4 Å². The van der Waals surface area contributed by atoms with Gasteiger partial charge in [-0.15, -0.1) is 0 Å². The minimum atomic E-state index is -0.935. The fraction of sp³-hybridized carbons (Fsp3) is 0.312. The molecule has 0 saturated heterocycles. The zero-order chi connectivity index (χ0) is 29.2. The summed E-state index contributed by atoms with van der Waals surface area (Å²) in [6, 6.07) is 0. The molecule has 9 heteroatoms. The van der Waals surface area contributed by atoms with E-state index >= 15 is 0 Å². The van der Waals surface area contributed by atoms with Crippen molar-refractivity contribution in [3.05, 3.63) is 134 Å². The van der Waals surface area contributed by atoms with Crippen molar-refractivity contribution < 1.29 is 124 Å². The van der Waals surface area contributed by atoms with E-state index in [1.165, 1.54) is 0 Å². The fourth-order valence-electron chi connectivity index (χ4n) is 4.01.